The lowest BCUT2D eigenvalue weighted by molar-refractivity contribution is 0.0670. The lowest BCUT2D eigenvalue weighted by Crippen LogP contribution is -2.41. The normalized spacial score (nSPS) is 16.3. The highest BCUT2D eigenvalue weighted by Gasteiger charge is 2.25. The predicted molar refractivity (Wildman–Crippen MR) is 92.3 cm³/mol. The van der Waals surface area contributed by atoms with Crippen molar-refractivity contribution < 1.29 is 4.79 Å². The largest absolute Gasteiger partial charge is 0.399 e. The van der Waals surface area contributed by atoms with Crippen molar-refractivity contribution in [2.75, 3.05) is 38.5 Å². The first-order chi connectivity index (χ1) is 10.5. The molecule has 0 atom stereocenters. The molecule has 1 amide bonds. The van der Waals surface area contributed by atoms with E-state index in [9.17, 15) is 4.79 Å². The number of nitrogen functional groups attached to an aromatic ring is 1. The van der Waals surface area contributed by atoms with Gasteiger partial charge in [-0.25, -0.2) is 0 Å². The molecule has 0 aliphatic carbocycles. The molecule has 0 spiro atoms. The summed E-state index contributed by atoms with van der Waals surface area (Å²) in [7, 11) is 0. The van der Waals surface area contributed by atoms with Gasteiger partial charge in [0.1, 0.15) is 0 Å². The molecule has 22 heavy (non-hydrogen) atoms. The van der Waals surface area contributed by atoms with Gasteiger partial charge in [0, 0.05) is 25.3 Å². The van der Waals surface area contributed by atoms with Gasteiger partial charge in [0.05, 0.1) is 10.6 Å². The topological polar surface area (TPSA) is 49.6 Å². The monoisotopic (exact) mass is 323 g/mol. The summed E-state index contributed by atoms with van der Waals surface area (Å²) in [5.74, 6) is 0.706. The second kappa shape index (κ2) is 7.84. The molecule has 0 saturated carbocycles. The van der Waals surface area contributed by atoms with Gasteiger partial charge in [-0.1, -0.05) is 25.4 Å². The fourth-order valence-electron chi connectivity index (χ4n) is 3.04. The Bertz CT molecular complexity index is 509. The van der Waals surface area contributed by atoms with Gasteiger partial charge in [0.15, 0.2) is 0 Å². The molecule has 0 aromatic heterocycles. The minimum atomic E-state index is 0.0197. The second-order valence-electron chi connectivity index (χ2n) is 5.96. The Kier molecular flexibility index (Phi) is 6.09. The van der Waals surface area contributed by atoms with Crippen molar-refractivity contribution in [2.45, 2.75) is 26.7 Å². The number of carbonyl (C=O) groups is 1. The summed E-state index contributed by atoms with van der Waals surface area (Å²) in [4.78, 5) is 16.9. The van der Waals surface area contributed by atoms with Crippen LogP contribution in [0.1, 0.15) is 37.0 Å². The Morgan fingerprint density at radius 1 is 1.32 bits per heavy atom. The summed E-state index contributed by atoms with van der Waals surface area (Å²) in [5, 5.41) is 0.440. The summed E-state index contributed by atoms with van der Waals surface area (Å²) in [6.07, 6.45) is 2.13. The average Bonchev–Trinajstić information content (AvgIpc) is 2.52. The van der Waals surface area contributed by atoms with Gasteiger partial charge in [0.25, 0.3) is 5.91 Å². The van der Waals surface area contributed by atoms with Crippen LogP contribution in [0, 0.1) is 5.92 Å². The number of carbonyl (C=O) groups excluding carboxylic acids is 1. The standard InChI is InChI=1S/C17H26ClN3O/c1-3-20(4-2)12-13-7-9-21(10-8-13)17(22)15-6-5-14(19)11-16(15)18/h5-6,11,13H,3-4,7-10,12,19H2,1-2H3. The number of benzene rings is 1. The zero-order valence-electron chi connectivity index (χ0n) is 13.5. The first-order valence-electron chi connectivity index (χ1n) is 8.11. The molecule has 1 heterocycles. The summed E-state index contributed by atoms with van der Waals surface area (Å²) in [6, 6.07) is 5.09. The van der Waals surface area contributed by atoms with Gasteiger partial charge in [-0.2, -0.15) is 0 Å². The Morgan fingerprint density at radius 2 is 1.95 bits per heavy atom. The number of halogens is 1. The van der Waals surface area contributed by atoms with Crippen LogP contribution in [0.5, 0.6) is 0 Å². The third kappa shape index (κ3) is 4.14. The number of nitrogens with two attached hydrogens (primary N) is 1. The molecule has 1 aromatic rings. The first kappa shape index (κ1) is 17.1. The summed E-state index contributed by atoms with van der Waals surface area (Å²) in [5.41, 5.74) is 6.82. The Hall–Kier alpha value is -1.26. The number of piperidine rings is 1. The quantitative estimate of drug-likeness (QED) is 0.847. The molecular weight excluding hydrogens is 298 g/mol. The van der Waals surface area contributed by atoms with Gasteiger partial charge < -0.3 is 15.5 Å². The van der Waals surface area contributed by atoms with Crippen LogP contribution in [0.3, 0.4) is 0 Å². The molecule has 1 aromatic carbocycles. The average molecular weight is 324 g/mol. The van der Waals surface area contributed by atoms with Crippen LogP contribution in [-0.2, 0) is 0 Å². The molecule has 122 valence electrons. The molecule has 2 rings (SSSR count). The van der Waals surface area contributed by atoms with Crippen LogP contribution in [-0.4, -0.2) is 48.4 Å². The van der Waals surface area contributed by atoms with Crippen molar-refractivity contribution in [3.05, 3.63) is 28.8 Å². The smallest absolute Gasteiger partial charge is 0.255 e. The van der Waals surface area contributed by atoms with Crippen molar-refractivity contribution in [1.82, 2.24) is 9.80 Å². The van der Waals surface area contributed by atoms with Gasteiger partial charge in [0.2, 0.25) is 0 Å². The fraction of sp³-hybridized carbons (Fsp3) is 0.588. The first-order valence-corrected chi connectivity index (χ1v) is 8.49. The molecule has 1 saturated heterocycles. The van der Waals surface area contributed by atoms with Crippen LogP contribution >= 0.6 is 11.6 Å². The number of rotatable bonds is 5. The van der Waals surface area contributed by atoms with Crippen molar-refractivity contribution in [2.24, 2.45) is 5.92 Å². The van der Waals surface area contributed by atoms with Crippen LogP contribution in [0.15, 0.2) is 18.2 Å². The highest BCUT2D eigenvalue weighted by molar-refractivity contribution is 6.34. The van der Waals surface area contributed by atoms with E-state index in [0.29, 0.717) is 22.2 Å². The Labute approximate surface area is 138 Å². The van der Waals surface area contributed by atoms with Crippen molar-refractivity contribution in [3.8, 4) is 0 Å². The van der Waals surface area contributed by atoms with Gasteiger partial charge >= 0.3 is 0 Å². The SMILES string of the molecule is CCN(CC)CC1CCN(C(=O)c2ccc(N)cc2Cl)CC1. The molecule has 1 aliphatic heterocycles. The zero-order valence-corrected chi connectivity index (χ0v) is 14.3. The highest BCUT2D eigenvalue weighted by Crippen LogP contribution is 2.24. The minimum absolute atomic E-state index is 0.0197. The fourth-order valence-corrected chi connectivity index (χ4v) is 3.31. The third-order valence-corrected chi connectivity index (χ3v) is 4.85. The van der Waals surface area contributed by atoms with E-state index in [2.05, 4.69) is 18.7 Å². The molecular formula is C17H26ClN3O. The molecule has 0 radical (unpaired) electrons. The van der Waals surface area contributed by atoms with Crippen LogP contribution in [0.25, 0.3) is 0 Å². The summed E-state index contributed by atoms with van der Waals surface area (Å²) in [6.45, 7) is 9.35. The van der Waals surface area contributed by atoms with E-state index in [1.165, 1.54) is 0 Å². The summed E-state index contributed by atoms with van der Waals surface area (Å²) < 4.78 is 0. The maximum atomic E-state index is 12.6. The third-order valence-electron chi connectivity index (χ3n) is 4.54. The summed E-state index contributed by atoms with van der Waals surface area (Å²) >= 11 is 6.14. The van der Waals surface area contributed by atoms with E-state index in [-0.39, 0.29) is 5.91 Å². The molecule has 0 unspecified atom stereocenters. The molecule has 1 aliphatic rings. The van der Waals surface area contributed by atoms with E-state index < -0.39 is 0 Å². The van der Waals surface area contributed by atoms with Gasteiger partial charge in [-0.05, 0) is 50.0 Å². The van der Waals surface area contributed by atoms with Crippen molar-refractivity contribution in [1.29, 1.82) is 0 Å². The Morgan fingerprint density at radius 3 is 2.50 bits per heavy atom. The maximum Gasteiger partial charge on any atom is 0.255 e. The number of nitrogens with zero attached hydrogens (tertiary/aromatic N) is 2. The Balaban J connectivity index is 1.92. The number of hydrogen-bond acceptors (Lipinski definition) is 3. The molecule has 1 fully saturated rings. The molecule has 5 heteroatoms. The van der Waals surface area contributed by atoms with E-state index in [0.717, 1.165) is 45.6 Å². The van der Waals surface area contributed by atoms with E-state index in [1.807, 2.05) is 4.90 Å². The number of amides is 1. The molecule has 4 nitrogen and oxygen atoms in total. The minimum Gasteiger partial charge on any atom is -0.399 e. The van der Waals surface area contributed by atoms with Gasteiger partial charge in [-0.3, -0.25) is 4.79 Å². The number of likely N-dealkylation sites (tertiary alicyclic amines) is 1. The number of hydrogen-bond donors (Lipinski definition) is 1. The van der Waals surface area contributed by atoms with E-state index in [4.69, 9.17) is 17.3 Å². The zero-order chi connectivity index (χ0) is 16.1. The van der Waals surface area contributed by atoms with Crippen LogP contribution in [0.2, 0.25) is 5.02 Å². The second-order valence-corrected chi connectivity index (χ2v) is 6.37. The van der Waals surface area contributed by atoms with Gasteiger partial charge in [-0.15, -0.1) is 0 Å². The maximum absolute atomic E-state index is 12.6. The highest BCUT2D eigenvalue weighted by atomic mass is 35.5. The van der Waals surface area contributed by atoms with Crippen LogP contribution in [0.4, 0.5) is 5.69 Å². The molecule has 2 N–H and O–H groups in total. The lowest BCUT2D eigenvalue weighted by Gasteiger charge is -2.34. The number of anilines is 1. The van der Waals surface area contributed by atoms with Crippen LogP contribution < -0.4 is 5.73 Å². The predicted octanol–water partition coefficient (Wildman–Crippen LogP) is 3.12. The van der Waals surface area contributed by atoms with E-state index >= 15 is 0 Å². The molecule has 0 bridgehead atoms. The van der Waals surface area contributed by atoms with E-state index in [1.54, 1.807) is 18.2 Å². The lowest BCUT2D eigenvalue weighted by atomic mass is 9.95. The van der Waals surface area contributed by atoms with Crippen molar-refractivity contribution in [3.63, 3.8) is 0 Å². The van der Waals surface area contributed by atoms with Crippen molar-refractivity contribution >= 4 is 23.2 Å².